The van der Waals surface area contributed by atoms with Gasteiger partial charge < -0.3 is 20.5 Å². The molecule has 4 rings (SSSR count). The molecule has 230 valence electrons. The van der Waals surface area contributed by atoms with E-state index in [1.807, 2.05) is 6.07 Å². The van der Waals surface area contributed by atoms with Crippen LogP contribution in [-0.4, -0.2) is 53.2 Å². The Morgan fingerprint density at radius 1 is 1.12 bits per heavy atom. The first-order valence-corrected chi connectivity index (χ1v) is 15.5. The lowest BCUT2D eigenvalue weighted by molar-refractivity contribution is 0.0503. The Hall–Kier alpha value is -3.61. The fraction of sp³-hybridized carbons (Fsp3) is 0.432. The number of rotatable bonds is 12. The fourth-order valence-corrected chi connectivity index (χ4v) is 5.94. The summed E-state index contributed by atoms with van der Waals surface area (Å²) in [4.78, 5) is 16.7. The third-order valence-electron chi connectivity index (χ3n) is 8.23. The molecule has 0 spiro atoms. The zero-order chi connectivity index (χ0) is 31.2. The zero-order valence-electron chi connectivity index (χ0n) is 26.8. The van der Waals surface area contributed by atoms with Gasteiger partial charge in [0.2, 0.25) is 0 Å². The van der Waals surface area contributed by atoms with Crippen LogP contribution in [0.4, 0.5) is 0 Å². The average Bonchev–Trinajstić information content (AvgIpc) is 2.96. The second kappa shape index (κ2) is 13.8. The van der Waals surface area contributed by atoms with Crippen LogP contribution in [-0.2, 0) is 11.3 Å². The minimum absolute atomic E-state index is 0.0429. The first kappa shape index (κ1) is 32.3. The van der Waals surface area contributed by atoms with Gasteiger partial charge >= 0.3 is 0 Å². The van der Waals surface area contributed by atoms with Crippen molar-refractivity contribution in [2.45, 2.75) is 72.4 Å². The molecule has 0 aromatic heterocycles. The van der Waals surface area contributed by atoms with E-state index in [-0.39, 0.29) is 22.3 Å². The lowest BCUT2D eigenvalue weighted by atomic mass is 9.86. The minimum atomic E-state index is -0.627. The lowest BCUT2D eigenvalue weighted by Crippen LogP contribution is -2.39. The van der Waals surface area contributed by atoms with Crippen molar-refractivity contribution in [2.24, 2.45) is 11.1 Å². The second-order valence-corrected chi connectivity index (χ2v) is 13.2. The maximum atomic E-state index is 11.7. The van der Waals surface area contributed by atoms with Crippen LogP contribution in [0.5, 0.6) is 5.75 Å². The lowest BCUT2D eigenvalue weighted by Gasteiger charge is -2.40. The van der Waals surface area contributed by atoms with E-state index in [0.717, 1.165) is 50.9 Å². The molecule has 43 heavy (non-hydrogen) atoms. The number of hydrogen-bond donors (Lipinski definition) is 2. The van der Waals surface area contributed by atoms with Gasteiger partial charge in [-0.2, -0.15) is 0 Å². The van der Waals surface area contributed by atoms with Gasteiger partial charge in [0.15, 0.2) is 0 Å². The molecule has 6 heteroatoms. The SMILES string of the molecule is CCCCN1C(c2ccccc2)=CCC(C2=CCC(C)(OC)C=C2)=C1CN(Cc1ccc(C(N)=O)c(O)c1)CC(C)(C)C. The molecule has 0 radical (unpaired) electrons. The Balaban J connectivity index is 1.79. The van der Waals surface area contributed by atoms with Crippen LogP contribution in [0.3, 0.4) is 0 Å². The molecule has 3 N–H and O–H groups in total. The van der Waals surface area contributed by atoms with Crippen LogP contribution in [0, 0.1) is 5.41 Å². The van der Waals surface area contributed by atoms with Gasteiger partial charge in [-0.25, -0.2) is 0 Å². The first-order valence-electron chi connectivity index (χ1n) is 15.5. The largest absolute Gasteiger partial charge is 0.507 e. The number of carbonyl (C=O) groups is 1. The molecule has 2 aromatic rings. The number of hydrogen-bond acceptors (Lipinski definition) is 5. The first-order chi connectivity index (χ1) is 20.4. The molecule has 1 heterocycles. The van der Waals surface area contributed by atoms with E-state index in [4.69, 9.17) is 10.5 Å². The van der Waals surface area contributed by atoms with Crippen molar-refractivity contribution in [3.63, 3.8) is 0 Å². The maximum absolute atomic E-state index is 11.7. The predicted molar refractivity (Wildman–Crippen MR) is 176 cm³/mol. The van der Waals surface area contributed by atoms with Crippen molar-refractivity contribution in [3.8, 4) is 5.75 Å². The Kier molecular flexibility index (Phi) is 10.4. The molecule has 2 aromatic carbocycles. The van der Waals surface area contributed by atoms with E-state index in [2.05, 4.69) is 99.1 Å². The van der Waals surface area contributed by atoms with Crippen molar-refractivity contribution < 1.29 is 14.6 Å². The quantitative estimate of drug-likeness (QED) is 0.272. The second-order valence-electron chi connectivity index (χ2n) is 13.2. The van der Waals surface area contributed by atoms with Gasteiger partial charge in [0, 0.05) is 44.7 Å². The highest BCUT2D eigenvalue weighted by atomic mass is 16.5. The molecule has 2 aliphatic rings. The van der Waals surface area contributed by atoms with E-state index < -0.39 is 5.91 Å². The van der Waals surface area contributed by atoms with Gasteiger partial charge in [-0.1, -0.05) is 94.8 Å². The number of methoxy groups -OCH3 is 1. The predicted octanol–water partition coefficient (Wildman–Crippen LogP) is 7.43. The standard InChI is InChI=1S/C37H49N3O3/c1-7-8-22-40-32(29-12-10-9-11-13-29)17-16-30(28-18-20-37(5,43-6)21-19-28)33(40)25-39(26-36(2,3)4)24-27-14-15-31(35(38)42)34(41)23-27/h9-15,17-20,23,41H,7-8,16,21-22,24-26H2,1-6H3,(H2,38,42). The normalized spacial score (nSPS) is 19.1. The number of unbranched alkanes of at least 4 members (excludes halogenated alkanes) is 1. The van der Waals surface area contributed by atoms with E-state index in [1.54, 1.807) is 19.2 Å². The van der Waals surface area contributed by atoms with Crippen molar-refractivity contribution in [3.05, 3.63) is 106 Å². The topological polar surface area (TPSA) is 79.0 Å². The highest BCUT2D eigenvalue weighted by Crippen LogP contribution is 2.38. The Morgan fingerprint density at radius 2 is 1.86 bits per heavy atom. The Labute approximate surface area is 258 Å². The molecule has 6 nitrogen and oxygen atoms in total. The van der Waals surface area contributed by atoms with Crippen molar-refractivity contribution in [1.29, 1.82) is 0 Å². The Bertz CT molecular complexity index is 1410. The Morgan fingerprint density at radius 3 is 2.44 bits per heavy atom. The number of allylic oxidation sites excluding steroid dienone is 4. The number of amides is 1. The smallest absolute Gasteiger partial charge is 0.252 e. The number of primary amides is 1. The van der Waals surface area contributed by atoms with Gasteiger partial charge in [-0.3, -0.25) is 9.69 Å². The van der Waals surface area contributed by atoms with Crippen LogP contribution in [0.15, 0.2) is 89.7 Å². The van der Waals surface area contributed by atoms with E-state index in [0.29, 0.717) is 6.54 Å². The number of benzene rings is 2. The summed E-state index contributed by atoms with van der Waals surface area (Å²) in [6.07, 6.45) is 13.0. The third kappa shape index (κ3) is 8.27. The third-order valence-corrected chi connectivity index (χ3v) is 8.23. The molecule has 1 amide bonds. The molecule has 0 saturated heterocycles. The summed E-state index contributed by atoms with van der Waals surface area (Å²) in [5, 5.41) is 10.5. The van der Waals surface area contributed by atoms with E-state index >= 15 is 0 Å². The number of aromatic hydroxyl groups is 1. The minimum Gasteiger partial charge on any atom is -0.507 e. The average molecular weight is 584 g/mol. The monoisotopic (exact) mass is 583 g/mol. The van der Waals surface area contributed by atoms with Crippen molar-refractivity contribution in [2.75, 3.05) is 26.7 Å². The molecule has 1 aliphatic carbocycles. The number of nitrogens with zero attached hydrogens (tertiary/aromatic N) is 2. The van der Waals surface area contributed by atoms with Crippen LogP contribution < -0.4 is 5.73 Å². The maximum Gasteiger partial charge on any atom is 0.252 e. The van der Waals surface area contributed by atoms with Gasteiger partial charge in [-0.15, -0.1) is 0 Å². The summed E-state index contributed by atoms with van der Waals surface area (Å²) in [5.74, 6) is -0.700. The van der Waals surface area contributed by atoms with Gasteiger partial charge in [-0.05, 0) is 66.0 Å². The van der Waals surface area contributed by atoms with Crippen LogP contribution >= 0.6 is 0 Å². The zero-order valence-corrected chi connectivity index (χ0v) is 26.8. The van der Waals surface area contributed by atoms with Gasteiger partial charge in [0.05, 0.1) is 11.2 Å². The summed E-state index contributed by atoms with van der Waals surface area (Å²) in [5.41, 5.74) is 12.7. The van der Waals surface area contributed by atoms with Crippen molar-refractivity contribution in [1.82, 2.24) is 9.80 Å². The molecule has 1 atom stereocenters. The van der Waals surface area contributed by atoms with E-state index in [9.17, 15) is 9.90 Å². The van der Waals surface area contributed by atoms with Gasteiger partial charge in [0.25, 0.3) is 5.91 Å². The highest BCUT2D eigenvalue weighted by molar-refractivity contribution is 5.95. The molecule has 0 fully saturated rings. The van der Waals surface area contributed by atoms with Crippen LogP contribution in [0.2, 0.25) is 0 Å². The van der Waals surface area contributed by atoms with Crippen LogP contribution in [0.1, 0.15) is 81.8 Å². The highest BCUT2D eigenvalue weighted by Gasteiger charge is 2.30. The summed E-state index contributed by atoms with van der Waals surface area (Å²) in [7, 11) is 1.77. The van der Waals surface area contributed by atoms with Crippen molar-refractivity contribution >= 4 is 11.6 Å². The van der Waals surface area contributed by atoms with Gasteiger partial charge in [0.1, 0.15) is 5.75 Å². The molecule has 1 unspecified atom stereocenters. The number of carbonyl (C=O) groups excluding carboxylic acids is 1. The molecular formula is C37H49N3O3. The summed E-state index contributed by atoms with van der Waals surface area (Å²) < 4.78 is 5.78. The fourth-order valence-electron chi connectivity index (χ4n) is 5.94. The number of nitrogens with two attached hydrogens (primary N) is 1. The molecule has 0 bridgehead atoms. The molecule has 1 aliphatic heterocycles. The summed E-state index contributed by atoms with van der Waals surface area (Å²) in [6.45, 7) is 14.3. The van der Waals surface area contributed by atoms with Crippen LogP contribution in [0.25, 0.3) is 5.70 Å². The summed E-state index contributed by atoms with van der Waals surface area (Å²) in [6, 6.07) is 15.9. The summed E-state index contributed by atoms with van der Waals surface area (Å²) >= 11 is 0. The number of phenols is 1. The number of ether oxygens (including phenoxy) is 1. The molecular weight excluding hydrogens is 534 g/mol. The van der Waals surface area contributed by atoms with E-state index in [1.165, 1.54) is 28.1 Å². The molecule has 0 saturated carbocycles.